The Morgan fingerprint density at radius 3 is 2.55 bits per heavy atom. The van der Waals surface area contributed by atoms with Crippen molar-refractivity contribution < 1.29 is 9.90 Å². The first-order chi connectivity index (χ1) is 14.8. The van der Waals surface area contributed by atoms with Crippen molar-refractivity contribution in [3.8, 4) is 17.0 Å². The number of amides is 1. The maximum atomic E-state index is 12.2. The molecule has 0 radical (unpaired) electrons. The second-order valence-electron chi connectivity index (χ2n) is 8.04. The topological polar surface area (TPSA) is 118 Å². The molecule has 1 amide bonds. The average Bonchev–Trinajstić information content (AvgIpc) is 3.14. The molecule has 31 heavy (non-hydrogen) atoms. The zero-order valence-corrected chi connectivity index (χ0v) is 17.3. The Balaban J connectivity index is 1.53. The van der Waals surface area contributed by atoms with Crippen LogP contribution in [0.25, 0.3) is 16.9 Å². The summed E-state index contributed by atoms with van der Waals surface area (Å²) in [6, 6.07) is 19.7. The van der Waals surface area contributed by atoms with Gasteiger partial charge >= 0.3 is 0 Å². The van der Waals surface area contributed by atoms with Gasteiger partial charge in [0.05, 0.1) is 5.69 Å². The molecule has 5 N–H and O–H groups in total. The number of carbonyl (C=O) groups is 1. The van der Waals surface area contributed by atoms with E-state index in [1.165, 1.54) is 0 Å². The van der Waals surface area contributed by atoms with E-state index in [-0.39, 0.29) is 11.7 Å². The highest BCUT2D eigenvalue weighted by Crippen LogP contribution is 2.24. The predicted octanol–water partition coefficient (Wildman–Crippen LogP) is 3.31. The first kappa shape index (κ1) is 20.4. The Bertz CT molecular complexity index is 1230. The van der Waals surface area contributed by atoms with Gasteiger partial charge in [-0.05, 0) is 62.4 Å². The van der Waals surface area contributed by atoms with Crippen LogP contribution in [-0.4, -0.2) is 37.7 Å². The number of hydrogen-bond acceptors (Lipinski definition) is 6. The lowest BCUT2D eigenvalue weighted by atomic mass is 10.1. The van der Waals surface area contributed by atoms with E-state index < -0.39 is 5.54 Å². The third-order valence-electron chi connectivity index (χ3n) is 4.61. The number of nitrogens with one attached hydrogen (secondary N) is 2. The van der Waals surface area contributed by atoms with Gasteiger partial charge in [0.1, 0.15) is 5.75 Å². The number of rotatable bonds is 6. The van der Waals surface area contributed by atoms with Crippen LogP contribution in [0, 0.1) is 0 Å². The molecule has 0 aliphatic rings. The van der Waals surface area contributed by atoms with Crippen molar-refractivity contribution in [2.45, 2.75) is 19.4 Å². The smallest absolute Gasteiger partial charge is 0.251 e. The zero-order valence-electron chi connectivity index (χ0n) is 17.3. The fourth-order valence-corrected chi connectivity index (χ4v) is 3.09. The summed E-state index contributed by atoms with van der Waals surface area (Å²) in [7, 11) is 0. The normalized spacial score (nSPS) is 11.5. The Morgan fingerprint density at radius 1 is 1.10 bits per heavy atom. The van der Waals surface area contributed by atoms with Gasteiger partial charge < -0.3 is 21.5 Å². The number of hydrogen-bond donors (Lipinski definition) is 4. The van der Waals surface area contributed by atoms with E-state index >= 15 is 0 Å². The average molecular weight is 416 g/mol. The van der Waals surface area contributed by atoms with Gasteiger partial charge in [0.2, 0.25) is 5.95 Å². The van der Waals surface area contributed by atoms with Crippen molar-refractivity contribution in [2.24, 2.45) is 5.73 Å². The fourth-order valence-electron chi connectivity index (χ4n) is 3.09. The van der Waals surface area contributed by atoms with Crippen LogP contribution in [0.2, 0.25) is 0 Å². The Kier molecular flexibility index (Phi) is 5.31. The maximum Gasteiger partial charge on any atom is 0.251 e. The van der Waals surface area contributed by atoms with Gasteiger partial charge in [0.15, 0.2) is 5.65 Å². The molecule has 8 heteroatoms. The number of phenolic OH excluding ortho intramolecular Hbond substituents is 1. The molecule has 2 heterocycles. The molecular weight excluding hydrogens is 392 g/mol. The molecule has 2 aromatic heterocycles. The van der Waals surface area contributed by atoms with Crippen molar-refractivity contribution >= 4 is 23.2 Å². The quantitative estimate of drug-likeness (QED) is 0.383. The van der Waals surface area contributed by atoms with E-state index in [0.717, 1.165) is 16.9 Å². The van der Waals surface area contributed by atoms with Crippen LogP contribution in [0.15, 0.2) is 66.7 Å². The second kappa shape index (κ2) is 8.08. The summed E-state index contributed by atoms with van der Waals surface area (Å²) in [5, 5.41) is 20.3. The molecule has 8 nitrogen and oxygen atoms in total. The Hall–Kier alpha value is -3.91. The van der Waals surface area contributed by atoms with E-state index in [4.69, 9.17) is 5.73 Å². The van der Waals surface area contributed by atoms with Gasteiger partial charge in [0, 0.05) is 28.9 Å². The molecule has 4 rings (SSSR count). The SMILES string of the molecule is CC(C)(N)CNC(=O)c1ccc(Nc2nc3cccc(-c4cccc(O)c4)n3n2)cc1. The van der Waals surface area contributed by atoms with Crippen LogP contribution in [0.4, 0.5) is 11.6 Å². The number of anilines is 2. The van der Waals surface area contributed by atoms with Gasteiger partial charge in [-0.2, -0.15) is 4.98 Å². The van der Waals surface area contributed by atoms with Crippen molar-refractivity contribution in [2.75, 3.05) is 11.9 Å². The second-order valence-corrected chi connectivity index (χ2v) is 8.04. The number of nitrogens with two attached hydrogens (primary N) is 1. The van der Waals surface area contributed by atoms with Gasteiger partial charge in [-0.1, -0.05) is 18.2 Å². The van der Waals surface area contributed by atoms with Gasteiger partial charge in [-0.15, -0.1) is 5.10 Å². The van der Waals surface area contributed by atoms with Crippen LogP contribution >= 0.6 is 0 Å². The summed E-state index contributed by atoms with van der Waals surface area (Å²) in [5.41, 5.74) is 9.05. The highest BCUT2D eigenvalue weighted by Gasteiger charge is 2.14. The minimum absolute atomic E-state index is 0.174. The number of carbonyl (C=O) groups excluding carboxylic acids is 1. The lowest BCUT2D eigenvalue weighted by Gasteiger charge is -2.18. The summed E-state index contributed by atoms with van der Waals surface area (Å²) < 4.78 is 1.72. The minimum atomic E-state index is -0.469. The molecular formula is C23H24N6O2. The molecule has 0 bridgehead atoms. The van der Waals surface area contributed by atoms with Gasteiger partial charge in [-0.25, -0.2) is 4.52 Å². The van der Waals surface area contributed by atoms with Crippen LogP contribution < -0.4 is 16.4 Å². The highest BCUT2D eigenvalue weighted by atomic mass is 16.3. The Labute approximate surface area is 179 Å². The van der Waals surface area contributed by atoms with E-state index in [2.05, 4.69) is 20.7 Å². The number of fused-ring (bicyclic) bond motifs is 1. The first-order valence-electron chi connectivity index (χ1n) is 9.88. The zero-order chi connectivity index (χ0) is 22.0. The molecule has 0 fully saturated rings. The molecule has 0 unspecified atom stereocenters. The largest absolute Gasteiger partial charge is 0.508 e. The summed E-state index contributed by atoms with van der Waals surface area (Å²) in [6.07, 6.45) is 0. The maximum absolute atomic E-state index is 12.2. The highest BCUT2D eigenvalue weighted by molar-refractivity contribution is 5.94. The van der Waals surface area contributed by atoms with Crippen LogP contribution in [0.3, 0.4) is 0 Å². The van der Waals surface area contributed by atoms with Crippen LogP contribution in [0.5, 0.6) is 5.75 Å². The number of nitrogens with zero attached hydrogens (tertiary/aromatic N) is 3. The molecule has 0 saturated heterocycles. The molecule has 0 aliphatic carbocycles. The molecule has 0 spiro atoms. The molecule has 0 aliphatic heterocycles. The van der Waals surface area contributed by atoms with Crippen LogP contribution in [-0.2, 0) is 0 Å². The summed E-state index contributed by atoms with van der Waals surface area (Å²) in [4.78, 5) is 16.8. The van der Waals surface area contributed by atoms with E-state index in [1.807, 2.05) is 38.1 Å². The standard InChI is InChI=1S/C23H24N6O2/c1-23(2,24)14-25-21(31)15-9-11-17(12-10-15)26-22-27-20-8-4-7-19(29(20)28-22)16-5-3-6-18(30)13-16/h3-13,30H,14,24H2,1-2H3,(H,25,31)(H,26,28). The third-order valence-corrected chi connectivity index (χ3v) is 4.61. The van der Waals surface area contributed by atoms with E-state index in [1.54, 1.807) is 47.0 Å². The molecule has 158 valence electrons. The lowest BCUT2D eigenvalue weighted by Crippen LogP contribution is -2.45. The van der Waals surface area contributed by atoms with Crippen molar-refractivity contribution in [1.29, 1.82) is 0 Å². The summed E-state index contributed by atoms with van der Waals surface area (Å²) in [6.45, 7) is 4.10. The molecule has 0 saturated carbocycles. The van der Waals surface area contributed by atoms with Crippen LogP contribution in [0.1, 0.15) is 24.2 Å². The van der Waals surface area contributed by atoms with Crippen molar-refractivity contribution in [3.63, 3.8) is 0 Å². The fraction of sp³-hybridized carbons (Fsp3) is 0.174. The number of pyridine rings is 1. The number of benzene rings is 2. The summed E-state index contributed by atoms with van der Waals surface area (Å²) in [5.74, 6) is 0.438. The minimum Gasteiger partial charge on any atom is -0.508 e. The lowest BCUT2D eigenvalue weighted by molar-refractivity contribution is 0.0946. The number of aromatic hydroxyl groups is 1. The number of aromatic nitrogens is 3. The molecule has 4 aromatic rings. The van der Waals surface area contributed by atoms with E-state index in [9.17, 15) is 9.90 Å². The number of phenols is 1. The van der Waals surface area contributed by atoms with Gasteiger partial charge in [0.25, 0.3) is 5.91 Å². The van der Waals surface area contributed by atoms with E-state index in [0.29, 0.717) is 23.7 Å². The molecule has 2 aromatic carbocycles. The first-order valence-corrected chi connectivity index (χ1v) is 9.88. The summed E-state index contributed by atoms with van der Waals surface area (Å²) >= 11 is 0. The van der Waals surface area contributed by atoms with Crippen molar-refractivity contribution in [3.05, 3.63) is 72.3 Å². The third kappa shape index (κ3) is 4.81. The monoisotopic (exact) mass is 416 g/mol. The Morgan fingerprint density at radius 2 is 1.84 bits per heavy atom. The molecule has 0 atom stereocenters. The van der Waals surface area contributed by atoms with Crippen molar-refractivity contribution in [1.82, 2.24) is 19.9 Å². The van der Waals surface area contributed by atoms with Gasteiger partial charge in [-0.3, -0.25) is 4.79 Å². The predicted molar refractivity (Wildman–Crippen MR) is 120 cm³/mol.